The molecule has 4 rings (SSSR count). The number of hydrogen-bond acceptors (Lipinski definition) is 6. The monoisotopic (exact) mass is 487 g/mol. The number of thiazole rings is 1. The van der Waals surface area contributed by atoms with Crippen LogP contribution < -0.4 is 20.1 Å². The molecule has 2 N–H and O–H groups in total. The molecular weight excluding hydrogens is 462 g/mol. The largest absolute Gasteiger partial charge is 0.497 e. The second-order valence-corrected chi connectivity index (χ2v) is 8.44. The van der Waals surface area contributed by atoms with Crippen molar-refractivity contribution in [1.82, 2.24) is 4.98 Å². The molecule has 0 atom stereocenters. The van der Waals surface area contributed by atoms with Gasteiger partial charge in [0, 0.05) is 27.9 Å². The first-order valence-electron chi connectivity index (χ1n) is 11.1. The van der Waals surface area contributed by atoms with E-state index in [0.29, 0.717) is 35.0 Å². The van der Waals surface area contributed by atoms with Gasteiger partial charge in [-0.3, -0.25) is 9.59 Å². The van der Waals surface area contributed by atoms with Crippen molar-refractivity contribution in [2.24, 2.45) is 0 Å². The van der Waals surface area contributed by atoms with E-state index in [1.165, 1.54) is 11.3 Å². The first-order chi connectivity index (χ1) is 17.0. The van der Waals surface area contributed by atoms with Crippen LogP contribution in [0, 0.1) is 0 Å². The fourth-order valence-corrected chi connectivity index (χ4v) is 4.16. The first kappa shape index (κ1) is 24.0. The van der Waals surface area contributed by atoms with Crippen LogP contribution in [0.3, 0.4) is 0 Å². The maximum absolute atomic E-state index is 12.5. The Labute approximate surface area is 207 Å². The van der Waals surface area contributed by atoms with Gasteiger partial charge < -0.3 is 20.1 Å². The molecule has 0 aliphatic carbocycles. The van der Waals surface area contributed by atoms with Gasteiger partial charge in [-0.1, -0.05) is 0 Å². The van der Waals surface area contributed by atoms with Crippen molar-refractivity contribution in [1.29, 1.82) is 0 Å². The molecule has 0 saturated carbocycles. The average molecular weight is 488 g/mol. The zero-order chi connectivity index (χ0) is 24.6. The summed E-state index contributed by atoms with van der Waals surface area (Å²) in [4.78, 5) is 29.6. The van der Waals surface area contributed by atoms with Crippen LogP contribution >= 0.6 is 11.3 Å². The lowest BCUT2D eigenvalue weighted by Crippen LogP contribution is -2.15. The average Bonchev–Trinajstić information content (AvgIpc) is 3.34. The number of aromatic nitrogens is 1. The number of rotatable bonds is 9. The summed E-state index contributed by atoms with van der Waals surface area (Å²) in [5.41, 5.74) is 3.44. The molecule has 0 radical (unpaired) electrons. The van der Waals surface area contributed by atoms with Gasteiger partial charge in [-0.15, -0.1) is 11.3 Å². The minimum Gasteiger partial charge on any atom is -0.497 e. The molecule has 35 heavy (non-hydrogen) atoms. The number of carbonyl (C=O) groups excluding carboxylic acids is 2. The van der Waals surface area contributed by atoms with Crippen LogP contribution in [-0.4, -0.2) is 30.5 Å². The summed E-state index contributed by atoms with van der Waals surface area (Å²) in [5, 5.41) is 8.42. The number of carbonyl (C=O) groups is 2. The SMILES string of the molecule is CCOc1ccc(-c2nc(CC(=O)Nc3ccc(C(=O)Nc4ccc(OC)cc4)cc3)cs2)cc1. The van der Waals surface area contributed by atoms with Gasteiger partial charge in [0.2, 0.25) is 5.91 Å². The molecule has 0 aliphatic heterocycles. The van der Waals surface area contributed by atoms with Gasteiger partial charge in [-0.2, -0.15) is 0 Å². The van der Waals surface area contributed by atoms with Crippen LogP contribution in [0.4, 0.5) is 11.4 Å². The first-order valence-corrected chi connectivity index (χ1v) is 11.9. The van der Waals surface area contributed by atoms with Gasteiger partial charge >= 0.3 is 0 Å². The summed E-state index contributed by atoms with van der Waals surface area (Å²) in [7, 11) is 1.59. The Kier molecular flexibility index (Phi) is 7.74. The predicted molar refractivity (Wildman–Crippen MR) is 138 cm³/mol. The Hall–Kier alpha value is -4.17. The lowest BCUT2D eigenvalue weighted by Gasteiger charge is -2.08. The Balaban J connectivity index is 1.31. The van der Waals surface area contributed by atoms with Crippen LogP contribution in [0.15, 0.2) is 78.2 Å². The summed E-state index contributed by atoms with van der Waals surface area (Å²) >= 11 is 1.49. The highest BCUT2D eigenvalue weighted by atomic mass is 32.1. The standard InChI is InChI=1S/C27H25N3O4S/c1-3-34-24-12-6-19(7-13-24)27-30-22(17-35-27)16-25(31)28-20-8-4-18(5-9-20)26(32)29-21-10-14-23(33-2)15-11-21/h4-15,17H,3,16H2,1-2H3,(H,28,31)(H,29,32). The third-order valence-electron chi connectivity index (χ3n) is 5.08. The van der Waals surface area contributed by atoms with Crippen LogP contribution in [0.25, 0.3) is 10.6 Å². The topological polar surface area (TPSA) is 89.5 Å². The second kappa shape index (κ2) is 11.3. The van der Waals surface area contributed by atoms with E-state index in [4.69, 9.17) is 9.47 Å². The normalized spacial score (nSPS) is 10.5. The van der Waals surface area contributed by atoms with Crippen LogP contribution in [0.1, 0.15) is 23.0 Å². The quantitative estimate of drug-likeness (QED) is 0.318. The van der Waals surface area contributed by atoms with Gasteiger partial charge in [0.05, 0.1) is 25.8 Å². The number of anilines is 2. The van der Waals surface area contributed by atoms with Crippen molar-refractivity contribution >= 4 is 34.5 Å². The molecule has 0 fully saturated rings. The fourth-order valence-electron chi connectivity index (χ4n) is 3.33. The minimum atomic E-state index is -0.239. The van der Waals surface area contributed by atoms with Crippen molar-refractivity contribution in [3.8, 4) is 22.1 Å². The maximum atomic E-state index is 12.5. The van der Waals surface area contributed by atoms with Crippen molar-refractivity contribution in [2.75, 3.05) is 24.4 Å². The van der Waals surface area contributed by atoms with E-state index in [-0.39, 0.29) is 18.2 Å². The Morgan fingerprint density at radius 2 is 1.49 bits per heavy atom. The van der Waals surface area contributed by atoms with Crippen LogP contribution in [-0.2, 0) is 11.2 Å². The summed E-state index contributed by atoms with van der Waals surface area (Å²) < 4.78 is 10.6. The van der Waals surface area contributed by atoms with Gasteiger partial charge in [0.1, 0.15) is 16.5 Å². The summed E-state index contributed by atoms with van der Waals surface area (Å²) in [5.74, 6) is 1.12. The lowest BCUT2D eigenvalue weighted by molar-refractivity contribution is -0.115. The number of nitrogens with zero attached hydrogens (tertiary/aromatic N) is 1. The van der Waals surface area contributed by atoms with Gasteiger partial charge in [-0.05, 0) is 79.7 Å². The van der Waals surface area contributed by atoms with E-state index < -0.39 is 0 Å². The molecule has 0 saturated heterocycles. The zero-order valence-corrected chi connectivity index (χ0v) is 20.2. The number of benzene rings is 3. The van der Waals surface area contributed by atoms with E-state index in [0.717, 1.165) is 16.3 Å². The van der Waals surface area contributed by atoms with E-state index in [2.05, 4.69) is 15.6 Å². The van der Waals surface area contributed by atoms with Crippen molar-refractivity contribution < 1.29 is 19.1 Å². The Morgan fingerprint density at radius 3 is 2.14 bits per heavy atom. The highest BCUT2D eigenvalue weighted by Gasteiger charge is 2.11. The molecule has 8 heteroatoms. The molecule has 4 aromatic rings. The highest BCUT2D eigenvalue weighted by Crippen LogP contribution is 2.26. The summed E-state index contributed by atoms with van der Waals surface area (Å²) in [6, 6.07) is 21.6. The molecule has 1 heterocycles. The maximum Gasteiger partial charge on any atom is 0.255 e. The molecule has 0 unspecified atom stereocenters. The van der Waals surface area contributed by atoms with Gasteiger partial charge in [0.25, 0.3) is 5.91 Å². The van der Waals surface area contributed by atoms with E-state index in [1.807, 2.05) is 36.6 Å². The summed E-state index contributed by atoms with van der Waals surface area (Å²) in [6.07, 6.45) is 0.160. The summed E-state index contributed by atoms with van der Waals surface area (Å²) in [6.45, 7) is 2.57. The molecule has 0 bridgehead atoms. The zero-order valence-electron chi connectivity index (χ0n) is 19.4. The van der Waals surface area contributed by atoms with E-state index in [9.17, 15) is 9.59 Å². The van der Waals surface area contributed by atoms with Crippen molar-refractivity contribution in [3.05, 3.63) is 89.4 Å². The molecule has 2 amide bonds. The second-order valence-electron chi connectivity index (χ2n) is 7.59. The number of methoxy groups -OCH3 is 1. The fraction of sp³-hybridized carbons (Fsp3) is 0.148. The number of hydrogen-bond donors (Lipinski definition) is 2. The minimum absolute atomic E-state index is 0.160. The molecule has 178 valence electrons. The third kappa shape index (κ3) is 6.45. The predicted octanol–water partition coefficient (Wildman–Crippen LogP) is 5.65. The molecule has 3 aromatic carbocycles. The Bertz CT molecular complexity index is 1280. The third-order valence-corrected chi connectivity index (χ3v) is 6.02. The van der Waals surface area contributed by atoms with Crippen molar-refractivity contribution in [3.63, 3.8) is 0 Å². The van der Waals surface area contributed by atoms with Gasteiger partial charge in [0.15, 0.2) is 0 Å². The number of amides is 2. The smallest absolute Gasteiger partial charge is 0.255 e. The molecule has 7 nitrogen and oxygen atoms in total. The molecule has 0 aliphatic rings. The van der Waals surface area contributed by atoms with Crippen LogP contribution in [0.2, 0.25) is 0 Å². The van der Waals surface area contributed by atoms with E-state index >= 15 is 0 Å². The number of nitrogens with one attached hydrogen (secondary N) is 2. The van der Waals surface area contributed by atoms with Crippen LogP contribution in [0.5, 0.6) is 11.5 Å². The number of ether oxygens (including phenoxy) is 2. The molecular formula is C27H25N3O4S. The lowest BCUT2D eigenvalue weighted by atomic mass is 10.2. The van der Waals surface area contributed by atoms with Gasteiger partial charge in [-0.25, -0.2) is 4.98 Å². The van der Waals surface area contributed by atoms with Crippen molar-refractivity contribution in [2.45, 2.75) is 13.3 Å². The molecule has 1 aromatic heterocycles. The van der Waals surface area contributed by atoms with E-state index in [1.54, 1.807) is 55.6 Å². The Morgan fingerprint density at radius 1 is 0.857 bits per heavy atom. The molecule has 0 spiro atoms. The highest BCUT2D eigenvalue weighted by molar-refractivity contribution is 7.13.